The van der Waals surface area contributed by atoms with E-state index in [9.17, 15) is 8.42 Å². The minimum atomic E-state index is -3.58. The van der Waals surface area contributed by atoms with Crippen LogP contribution in [0.5, 0.6) is 0 Å². The SMILES string of the molecule is CCC(CC)(CN)NS(=O)(=O)c1ccc2ccccc2c1.Cl. The topological polar surface area (TPSA) is 72.2 Å². The van der Waals surface area contributed by atoms with Crippen LogP contribution in [0.2, 0.25) is 0 Å². The second kappa shape index (κ2) is 7.42. The maximum Gasteiger partial charge on any atom is 0.241 e. The second-order valence-electron chi connectivity index (χ2n) is 5.31. The summed E-state index contributed by atoms with van der Waals surface area (Å²) in [5, 5.41) is 1.93. The van der Waals surface area contributed by atoms with Crippen LogP contribution in [0.15, 0.2) is 47.4 Å². The third-order valence-electron chi connectivity index (χ3n) is 4.13. The molecule has 0 aliphatic carbocycles. The number of nitrogens with one attached hydrogen (secondary N) is 1. The highest BCUT2D eigenvalue weighted by Gasteiger charge is 2.30. The molecule has 0 bridgehead atoms. The Bertz CT molecular complexity index is 719. The molecule has 0 saturated carbocycles. The fraction of sp³-hybridized carbons (Fsp3) is 0.375. The summed E-state index contributed by atoms with van der Waals surface area (Å²) in [7, 11) is -3.58. The molecule has 0 aliphatic heterocycles. The molecule has 2 aromatic rings. The number of hydrogen-bond acceptors (Lipinski definition) is 3. The molecule has 0 aromatic heterocycles. The van der Waals surface area contributed by atoms with Gasteiger partial charge in [-0.3, -0.25) is 0 Å². The summed E-state index contributed by atoms with van der Waals surface area (Å²) in [6, 6.07) is 12.9. The van der Waals surface area contributed by atoms with Gasteiger partial charge >= 0.3 is 0 Å². The van der Waals surface area contributed by atoms with Gasteiger partial charge < -0.3 is 5.73 Å². The van der Waals surface area contributed by atoms with Crippen LogP contribution in [0.25, 0.3) is 10.8 Å². The Morgan fingerprint density at radius 1 is 1.05 bits per heavy atom. The fourth-order valence-electron chi connectivity index (χ4n) is 2.40. The molecule has 122 valence electrons. The third kappa shape index (κ3) is 3.79. The van der Waals surface area contributed by atoms with Crippen molar-refractivity contribution in [3.63, 3.8) is 0 Å². The lowest BCUT2D eigenvalue weighted by Gasteiger charge is -2.31. The first-order chi connectivity index (χ1) is 9.96. The van der Waals surface area contributed by atoms with Gasteiger partial charge in [0.05, 0.1) is 4.90 Å². The lowest BCUT2D eigenvalue weighted by Crippen LogP contribution is -2.52. The molecular formula is C16H23ClN2O2S. The van der Waals surface area contributed by atoms with E-state index in [0.29, 0.717) is 12.8 Å². The average molecular weight is 343 g/mol. The number of halogens is 1. The van der Waals surface area contributed by atoms with Gasteiger partial charge in [0.25, 0.3) is 0 Å². The molecule has 0 radical (unpaired) electrons. The molecule has 0 aliphatic rings. The van der Waals surface area contributed by atoms with Crippen molar-refractivity contribution in [1.29, 1.82) is 0 Å². The molecule has 4 nitrogen and oxygen atoms in total. The van der Waals surface area contributed by atoms with E-state index >= 15 is 0 Å². The maximum absolute atomic E-state index is 12.6. The zero-order chi connectivity index (χ0) is 15.5. The Kier molecular flexibility index (Phi) is 6.38. The molecular weight excluding hydrogens is 320 g/mol. The van der Waals surface area contributed by atoms with E-state index in [-0.39, 0.29) is 23.8 Å². The molecule has 2 rings (SSSR count). The summed E-state index contributed by atoms with van der Waals surface area (Å²) in [5.41, 5.74) is 5.20. The number of benzene rings is 2. The van der Waals surface area contributed by atoms with Gasteiger partial charge in [-0.25, -0.2) is 13.1 Å². The zero-order valence-corrected chi connectivity index (χ0v) is 14.5. The highest BCUT2D eigenvalue weighted by molar-refractivity contribution is 7.89. The summed E-state index contributed by atoms with van der Waals surface area (Å²) in [6.45, 7) is 4.17. The van der Waals surface area contributed by atoms with Crippen molar-refractivity contribution in [2.45, 2.75) is 37.1 Å². The van der Waals surface area contributed by atoms with Crippen molar-refractivity contribution in [3.8, 4) is 0 Å². The van der Waals surface area contributed by atoms with Crippen LogP contribution in [0, 0.1) is 0 Å². The van der Waals surface area contributed by atoms with Crippen molar-refractivity contribution in [2.75, 3.05) is 6.54 Å². The summed E-state index contributed by atoms with van der Waals surface area (Å²) < 4.78 is 28.0. The predicted octanol–water partition coefficient (Wildman–Crippen LogP) is 3.06. The van der Waals surface area contributed by atoms with Crippen LogP contribution in [-0.4, -0.2) is 20.5 Å². The minimum Gasteiger partial charge on any atom is -0.329 e. The highest BCUT2D eigenvalue weighted by atomic mass is 35.5. The summed E-state index contributed by atoms with van der Waals surface area (Å²) in [5.74, 6) is 0. The Labute approximate surface area is 138 Å². The van der Waals surface area contributed by atoms with Gasteiger partial charge in [-0.15, -0.1) is 12.4 Å². The highest BCUT2D eigenvalue weighted by Crippen LogP contribution is 2.22. The number of sulfonamides is 1. The summed E-state index contributed by atoms with van der Waals surface area (Å²) in [6.07, 6.45) is 1.32. The summed E-state index contributed by atoms with van der Waals surface area (Å²) in [4.78, 5) is 0.279. The van der Waals surface area contributed by atoms with Crippen LogP contribution in [0.3, 0.4) is 0 Å². The lowest BCUT2D eigenvalue weighted by atomic mass is 9.95. The predicted molar refractivity (Wildman–Crippen MR) is 93.9 cm³/mol. The van der Waals surface area contributed by atoms with Crippen molar-refractivity contribution in [2.24, 2.45) is 5.73 Å². The molecule has 3 N–H and O–H groups in total. The average Bonchev–Trinajstić information content (AvgIpc) is 2.52. The molecule has 0 spiro atoms. The van der Waals surface area contributed by atoms with Crippen molar-refractivity contribution >= 4 is 33.2 Å². The molecule has 22 heavy (non-hydrogen) atoms. The van der Waals surface area contributed by atoms with E-state index in [1.54, 1.807) is 12.1 Å². The number of fused-ring (bicyclic) bond motifs is 1. The first-order valence-electron chi connectivity index (χ1n) is 7.19. The van der Waals surface area contributed by atoms with Gasteiger partial charge in [0, 0.05) is 12.1 Å². The van der Waals surface area contributed by atoms with Gasteiger partial charge in [-0.2, -0.15) is 0 Å². The quantitative estimate of drug-likeness (QED) is 0.847. The van der Waals surface area contributed by atoms with E-state index < -0.39 is 15.6 Å². The smallest absolute Gasteiger partial charge is 0.241 e. The van der Waals surface area contributed by atoms with Gasteiger partial charge in [0.15, 0.2) is 0 Å². The Morgan fingerprint density at radius 3 is 2.18 bits per heavy atom. The van der Waals surface area contributed by atoms with Gasteiger partial charge in [0.2, 0.25) is 10.0 Å². The fourth-order valence-corrected chi connectivity index (χ4v) is 3.99. The van der Waals surface area contributed by atoms with E-state index in [0.717, 1.165) is 10.8 Å². The summed E-state index contributed by atoms with van der Waals surface area (Å²) >= 11 is 0. The first kappa shape index (κ1) is 18.9. The van der Waals surface area contributed by atoms with E-state index in [1.165, 1.54) is 0 Å². The monoisotopic (exact) mass is 342 g/mol. The van der Waals surface area contributed by atoms with Gasteiger partial charge in [-0.05, 0) is 35.7 Å². The molecule has 0 amide bonds. The molecule has 0 atom stereocenters. The second-order valence-corrected chi connectivity index (χ2v) is 6.99. The Hall–Kier alpha value is -1.14. The number of rotatable bonds is 6. The van der Waals surface area contributed by atoms with E-state index in [4.69, 9.17) is 5.73 Å². The van der Waals surface area contributed by atoms with Crippen LogP contribution in [-0.2, 0) is 10.0 Å². The maximum atomic E-state index is 12.6. The first-order valence-corrected chi connectivity index (χ1v) is 8.67. The third-order valence-corrected chi connectivity index (χ3v) is 5.70. The van der Waals surface area contributed by atoms with Crippen molar-refractivity contribution < 1.29 is 8.42 Å². The van der Waals surface area contributed by atoms with Crippen LogP contribution in [0.4, 0.5) is 0 Å². The van der Waals surface area contributed by atoms with Crippen LogP contribution in [0.1, 0.15) is 26.7 Å². The number of hydrogen-bond donors (Lipinski definition) is 2. The zero-order valence-electron chi connectivity index (χ0n) is 12.9. The van der Waals surface area contributed by atoms with E-state index in [2.05, 4.69) is 4.72 Å². The molecule has 0 heterocycles. The van der Waals surface area contributed by atoms with Crippen molar-refractivity contribution in [1.82, 2.24) is 4.72 Å². The molecule has 0 unspecified atom stereocenters. The molecule has 6 heteroatoms. The molecule has 0 fully saturated rings. The Balaban J connectivity index is 0.00000242. The largest absolute Gasteiger partial charge is 0.329 e. The Morgan fingerprint density at radius 2 is 1.64 bits per heavy atom. The molecule has 0 saturated heterocycles. The van der Waals surface area contributed by atoms with Crippen molar-refractivity contribution in [3.05, 3.63) is 42.5 Å². The van der Waals surface area contributed by atoms with E-state index in [1.807, 2.05) is 44.2 Å². The van der Waals surface area contributed by atoms with Crippen LogP contribution >= 0.6 is 12.4 Å². The standard InChI is InChI=1S/C16H22N2O2S.ClH/c1-3-16(4-2,12-17)18-21(19,20)15-10-9-13-7-5-6-8-14(13)11-15;/h5-11,18H,3-4,12,17H2,1-2H3;1H. The lowest BCUT2D eigenvalue weighted by molar-refractivity contribution is 0.363. The number of nitrogens with two attached hydrogens (primary N) is 1. The normalized spacial score (nSPS) is 12.1. The van der Waals surface area contributed by atoms with Gasteiger partial charge in [-0.1, -0.05) is 44.2 Å². The minimum absolute atomic E-state index is 0. The molecule has 2 aromatic carbocycles. The van der Waals surface area contributed by atoms with Gasteiger partial charge in [0.1, 0.15) is 0 Å². The van der Waals surface area contributed by atoms with Crippen LogP contribution < -0.4 is 10.5 Å².